The molecule has 0 spiro atoms. The molecule has 1 heterocycles. The predicted molar refractivity (Wildman–Crippen MR) is 72.7 cm³/mol. The minimum absolute atomic E-state index is 0.385. The van der Waals surface area contributed by atoms with Crippen molar-refractivity contribution >= 4 is 27.5 Å². The van der Waals surface area contributed by atoms with Gasteiger partial charge in [-0.3, -0.25) is 0 Å². The summed E-state index contributed by atoms with van der Waals surface area (Å²) in [5.41, 5.74) is 1.94. The van der Waals surface area contributed by atoms with E-state index in [9.17, 15) is 0 Å². The van der Waals surface area contributed by atoms with Crippen LogP contribution >= 0.6 is 27.5 Å². The summed E-state index contributed by atoms with van der Waals surface area (Å²) in [7, 11) is 0. The molecule has 4 heteroatoms. The average Bonchev–Trinajstić information content (AvgIpc) is 2.34. The largest absolute Gasteiger partial charge is 0.438 e. The van der Waals surface area contributed by atoms with Gasteiger partial charge in [0.15, 0.2) is 0 Å². The summed E-state index contributed by atoms with van der Waals surface area (Å²) in [6.45, 7) is 1.99. The highest BCUT2D eigenvalue weighted by Gasteiger charge is 2.07. The van der Waals surface area contributed by atoms with Crippen LogP contribution in [0.2, 0.25) is 0 Å². The topological polar surface area (TPSA) is 22.1 Å². The van der Waals surface area contributed by atoms with E-state index in [0.717, 1.165) is 21.3 Å². The van der Waals surface area contributed by atoms with Gasteiger partial charge in [-0.2, -0.15) is 0 Å². The van der Waals surface area contributed by atoms with E-state index >= 15 is 0 Å². The Balaban J connectivity index is 2.34. The molecular formula is C13H11BrClNO. The Morgan fingerprint density at radius 2 is 2.18 bits per heavy atom. The molecular weight excluding hydrogens is 302 g/mol. The summed E-state index contributed by atoms with van der Waals surface area (Å²) in [4.78, 5) is 4.19. The Morgan fingerprint density at radius 3 is 2.94 bits per heavy atom. The number of hydrogen-bond acceptors (Lipinski definition) is 2. The Bertz CT molecular complexity index is 531. The second-order valence-corrected chi connectivity index (χ2v) is 4.80. The minimum Gasteiger partial charge on any atom is -0.438 e. The van der Waals surface area contributed by atoms with E-state index in [2.05, 4.69) is 20.9 Å². The Hall–Kier alpha value is -1.06. The van der Waals surface area contributed by atoms with Crippen LogP contribution in [0.4, 0.5) is 0 Å². The predicted octanol–water partition coefficient (Wildman–Crippen LogP) is 4.68. The fourth-order valence-electron chi connectivity index (χ4n) is 1.41. The summed E-state index contributed by atoms with van der Waals surface area (Å²) in [6.07, 6.45) is 1.69. The van der Waals surface area contributed by atoms with E-state index in [4.69, 9.17) is 16.3 Å². The first-order valence-electron chi connectivity index (χ1n) is 5.14. The van der Waals surface area contributed by atoms with Gasteiger partial charge in [0.1, 0.15) is 5.75 Å². The van der Waals surface area contributed by atoms with Crippen LogP contribution < -0.4 is 4.74 Å². The third kappa shape index (κ3) is 2.99. The number of halogens is 2. The second kappa shape index (κ2) is 5.52. The highest BCUT2D eigenvalue weighted by Crippen LogP contribution is 2.29. The van der Waals surface area contributed by atoms with Gasteiger partial charge in [0.05, 0.1) is 5.88 Å². The molecule has 0 bridgehead atoms. The van der Waals surface area contributed by atoms with Gasteiger partial charge < -0.3 is 4.74 Å². The van der Waals surface area contributed by atoms with Crippen molar-refractivity contribution in [2.24, 2.45) is 0 Å². The van der Waals surface area contributed by atoms with Crippen molar-refractivity contribution in [2.45, 2.75) is 12.8 Å². The molecule has 0 saturated heterocycles. The molecule has 0 aliphatic heterocycles. The van der Waals surface area contributed by atoms with Gasteiger partial charge in [-0.05, 0) is 30.7 Å². The fourth-order valence-corrected chi connectivity index (χ4v) is 1.95. The maximum atomic E-state index is 5.84. The van der Waals surface area contributed by atoms with Gasteiger partial charge in [-0.25, -0.2) is 4.98 Å². The first-order valence-corrected chi connectivity index (χ1v) is 6.47. The Morgan fingerprint density at radius 1 is 1.35 bits per heavy atom. The van der Waals surface area contributed by atoms with Crippen molar-refractivity contribution in [1.29, 1.82) is 0 Å². The molecule has 0 aliphatic rings. The average molecular weight is 313 g/mol. The second-order valence-electron chi connectivity index (χ2n) is 3.61. The lowest BCUT2D eigenvalue weighted by atomic mass is 10.2. The number of aromatic nitrogens is 1. The van der Waals surface area contributed by atoms with Crippen molar-refractivity contribution in [3.63, 3.8) is 0 Å². The molecule has 1 aromatic carbocycles. The molecule has 0 atom stereocenters. The smallest absolute Gasteiger partial charge is 0.223 e. The standard InChI is InChI=1S/C13H11BrClNO/c1-9-4-5-11(14)7-12(9)17-13-10(8-15)3-2-6-16-13/h2-7H,8H2,1H3. The van der Waals surface area contributed by atoms with Gasteiger partial charge in [-0.15, -0.1) is 11.6 Å². The van der Waals surface area contributed by atoms with Gasteiger partial charge in [0.2, 0.25) is 5.88 Å². The molecule has 17 heavy (non-hydrogen) atoms. The van der Waals surface area contributed by atoms with E-state index in [1.165, 1.54) is 0 Å². The molecule has 2 rings (SSSR count). The number of alkyl halides is 1. The van der Waals surface area contributed by atoms with E-state index in [-0.39, 0.29) is 0 Å². The third-order valence-corrected chi connectivity index (χ3v) is 3.13. The quantitative estimate of drug-likeness (QED) is 0.767. The first-order chi connectivity index (χ1) is 8.20. The van der Waals surface area contributed by atoms with Crippen molar-refractivity contribution in [1.82, 2.24) is 4.98 Å². The molecule has 2 aromatic rings. The number of hydrogen-bond donors (Lipinski definition) is 0. The molecule has 2 nitrogen and oxygen atoms in total. The number of benzene rings is 1. The summed E-state index contributed by atoms with van der Waals surface area (Å²) < 4.78 is 6.76. The zero-order valence-electron chi connectivity index (χ0n) is 9.28. The summed E-state index contributed by atoms with van der Waals surface area (Å²) in [5, 5.41) is 0. The summed E-state index contributed by atoms with van der Waals surface area (Å²) in [6, 6.07) is 9.63. The van der Waals surface area contributed by atoms with Crippen LogP contribution in [-0.2, 0) is 5.88 Å². The molecule has 0 N–H and O–H groups in total. The number of rotatable bonds is 3. The molecule has 0 radical (unpaired) electrons. The molecule has 0 fully saturated rings. The number of pyridine rings is 1. The SMILES string of the molecule is Cc1ccc(Br)cc1Oc1ncccc1CCl. The third-order valence-electron chi connectivity index (χ3n) is 2.35. The van der Waals surface area contributed by atoms with Crippen LogP contribution in [0.25, 0.3) is 0 Å². The monoisotopic (exact) mass is 311 g/mol. The molecule has 88 valence electrons. The van der Waals surface area contributed by atoms with Gasteiger partial charge >= 0.3 is 0 Å². The summed E-state index contributed by atoms with van der Waals surface area (Å²) >= 11 is 9.26. The lowest BCUT2D eigenvalue weighted by Gasteiger charge is -2.10. The highest BCUT2D eigenvalue weighted by atomic mass is 79.9. The van der Waals surface area contributed by atoms with E-state index in [0.29, 0.717) is 11.8 Å². The Kier molecular flexibility index (Phi) is 4.02. The van der Waals surface area contributed by atoms with Gasteiger partial charge in [0.25, 0.3) is 0 Å². The highest BCUT2D eigenvalue weighted by molar-refractivity contribution is 9.10. The lowest BCUT2D eigenvalue weighted by molar-refractivity contribution is 0.454. The van der Waals surface area contributed by atoms with Crippen LogP contribution in [0.15, 0.2) is 41.0 Å². The molecule has 0 amide bonds. The Labute approximate surface area is 114 Å². The molecule has 0 saturated carbocycles. The van der Waals surface area contributed by atoms with Gasteiger partial charge in [0, 0.05) is 16.2 Å². The lowest BCUT2D eigenvalue weighted by Crippen LogP contribution is -1.94. The zero-order chi connectivity index (χ0) is 12.3. The number of aryl methyl sites for hydroxylation is 1. The van der Waals surface area contributed by atoms with Crippen molar-refractivity contribution in [3.05, 3.63) is 52.1 Å². The van der Waals surface area contributed by atoms with Crippen molar-refractivity contribution in [2.75, 3.05) is 0 Å². The summed E-state index contributed by atoms with van der Waals surface area (Å²) in [5.74, 6) is 1.73. The van der Waals surface area contributed by atoms with Crippen molar-refractivity contribution < 1.29 is 4.74 Å². The molecule has 0 unspecified atom stereocenters. The zero-order valence-corrected chi connectivity index (χ0v) is 11.6. The number of nitrogens with zero attached hydrogens (tertiary/aromatic N) is 1. The molecule has 0 aliphatic carbocycles. The van der Waals surface area contributed by atoms with Crippen LogP contribution in [0.3, 0.4) is 0 Å². The maximum Gasteiger partial charge on any atom is 0.223 e. The van der Waals surface area contributed by atoms with E-state index in [1.54, 1.807) is 6.20 Å². The van der Waals surface area contributed by atoms with E-state index in [1.807, 2.05) is 37.3 Å². The fraction of sp³-hybridized carbons (Fsp3) is 0.154. The van der Waals surface area contributed by atoms with Crippen LogP contribution in [0.5, 0.6) is 11.6 Å². The van der Waals surface area contributed by atoms with Crippen molar-refractivity contribution in [3.8, 4) is 11.6 Å². The van der Waals surface area contributed by atoms with Crippen LogP contribution in [-0.4, -0.2) is 4.98 Å². The van der Waals surface area contributed by atoms with Gasteiger partial charge in [-0.1, -0.05) is 28.1 Å². The van der Waals surface area contributed by atoms with E-state index < -0.39 is 0 Å². The minimum atomic E-state index is 0.385. The molecule has 1 aromatic heterocycles. The normalized spacial score (nSPS) is 10.3. The first kappa shape index (κ1) is 12.4. The van der Waals surface area contributed by atoms with Crippen LogP contribution in [0, 0.1) is 6.92 Å². The van der Waals surface area contributed by atoms with Crippen LogP contribution in [0.1, 0.15) is 11.1 Å². The number of ether oxygens (including phenoxy) is 1. The maximum absolute atomic E-state index is 5.84.